The Morgan fingerprint density at radius 2 is 1.90 bits per heavy atom. The molecule has 2 N–H and O–H groups in total. The van der Waals surface area contributed by atoms with Gasteiger partial charge in [0.1, 0.15) is 0 Å². The van der Waals surface area contributed by atoms with Gasteiger partial charge in [0.2, 0.25) is 0 Å². The van der Waals surface area contributed by atoms with E-state index in [1.54, 1.807) is 0 Å². The van der Waals surface area contributed by atoms with Crippen LogP contribution in [-0.4, -0.2) is 28.5 Å². The van der Waals surface area contributed by atoms with Gasteiger partial charge in [-0.2, -0.15) is 0 Å². The summed E-state index contributed by atoms with van der Waals surface area (Å²) in [6, 6.07) is 7.86. The molecule has 1 aliphatic rings. The molecule has 2 unspecified atom stereocenters. The summed E-state index contributed by atoms with van der Waals surface area (Å²) in [5.74, 6) is 1.69. The van der Waals surface area contributed by atoms with Gasteiger partial charge in [0, 0.05) is 23.9 Å². The topological polar surface area (TPSA) is 58.0 Å². The van der Waals surface area contributed by atoms with Crippen molar-refractivity contribution in [3.8, 4) is 0 Å². The van der Waals surface area contributed by atoms with Gasteiger partial charge in [-0.15, -0.1) is 10.2 Å². The Hall–Kier alpha value is -1.39. The fourth-order valence-corrected chi connectivity index (χ4v) is 3.25. The van der Waals surface area contributed by atoms with Crippen LogP contribution in [0, 0.1) is 11.8 Å². The summed E-state index contributed by atoms with van der Waals surface area (Å²) in [7, 11) is 0. The highest BCUT2D eigenvalue weighted by molar-refractivity contribution is 6.34. The molecule has 2 atom stereocenters. The SMILES string of the molecule is OCC1CCCC1CNc1nnc(Cl)c2ccccc12. The van der Waals surface area contributed by atoms with Crippen molar-refractivity contribution >= 4 is 28.2 Å². The first kappa shape index (κ1) is 13.6. The number of hydrogen-bond acceptors (Lipinski definition) is 4. The van der Waals surface area contributed by atoms with Crippen molar-refractivity contribution in [1.29, 1.82) is 0 Å². The standard InChI is InChI=1S/C15H18ClN3O/c16-14-12-6-1-2-7-13(12)15(19-18-14)17-8-10-4-3-5-11(10)9-20/h1-2,6-7,10-11,20H,3-5,8-9H2,(H,17,19). The van der Waals surface area contributed by atoms with Gasteiger partial charge < -0.3 is 10.4 Å². The molecule has 20 heavy (non-hydrogen) atoms. The van der Waals surface area contributed by atoms with Crippen molar-refractivity contribution in [2.24, 2.45) is 11.8 Å². The average molecular weight is 292 g/mol. The second-order valence-electron chi connectivity index (χ2n) is 5.40. The summed E-state index contributed by atoms with van der Waals surface area (Å²) >= 11 is 6.07. The Morgan fingerprint density at radius 1 is 1.15 bits per heavy atom. The molecule has 0 amide bonds. The third-order valence-corrected chi connectivity index (χ3v) is 4.50. The molecule has 3 rings (SSSR count). The minimum absolute atomic E-state index is 0.277. The van der Waals surface area contributed by atoms with Crippen molar-refractivity contribution in [3.05, 3.63) is 29.4 Å². The number of rotatable bonds is 4. The number of fused-ring (bicyclic) bond motifs is 1. The number of aliphatic hydroxyl groups is 1. The van der Waals surface area contributed by atoms with Crippen LogP contribution in [0.1, 0.15) is 19.3 Å². The van der Waals surface area contributed by atoms with Crippen LogP contribution in [0.3, 0.4) is 0 Å². The van der Waals surface area contributed by atoms with E-state index in [4.69, 9.17) is 11.6 Å². The van der Waals surface area contributed by atoms with Crippen molar-refractivity contribution in [2.45, 2.75) is 19.3 Å². The highest BCUT2D eigenvalue weighted by Gasteiger charge is 2.26. The molecule has 0 saturated heterocycles. The van der Waals surface area contributed by atoms with E-state index in [-0.39, 0.29) is 6.61 Å². The van der Waals surface area contributed by atoms with Gasteiger partial charge in [-0.05, 0) is 24.7 Å². The lowest BCUT2D eigenvalue weighted by Crippen LogP contribution is -2.21. The Balaban J connectivity index is 1.79. The van der Waals surface area contributed by atoms with Gasteiger partial charge in [-0.3, -0.25) is 0 Å². The first-order valence-electron chi connectivity index (χ1n) is 7.05. The zero-order valence-corrected chi connectivity index (χ0v) is 12.0. The molecule has 2 aromatic rings. The third kappa shape index (κ3) is 2.58. The van der Waals surface area contributed by atoms with Crippen LogP contribution < -0.4 is 5.32 Å². The fraction of sp³-hybridized carbons (Fsp3) is 0.467. The maximum absolute atomic E-state index is 9.37. The third-order valence-electron chi connectivity index (χ3n) is 4.22. The Labute approximate surface area is 123 Å². The number of nitrogens with zero attached hydrogens (tertiary/aromatic N) is 2. The summed E-state index contributed by atoms with van der Waals surface area (Å²) in [6.45, 7) is 1.10. The van der Waals surface area contributed by atoms with Gasteiger partial charge in [0.15, 0.2) is 11.0 Å². The molecule has 1 saturated carbocycles. The maximum atomic E-state index is 9.37. The van der Waals surface area contributed by atoms with E-state index in [9.17, 15) is 5.11 Å². The number of halogens is 1. The van der Waals surface area contributed by atoms with Crippen LogP contribution in [0.4, 0.5) is 5.82 Å². The lowest BCUT2D eigenvalue weighted by Gasteiger charge is -2.18. The highest BCUT2D eigenvalue weighted by Crippen LogP contribution is 2.32. The predicted octanol–water partition coefficient (Wildman–Crippen LogP) is 3.10. The minimum Gasteiger partial charge on any atom is -0.396 e. The number of nitrogens with one attached hydrogen (secondary N) is 1. The quantitative estimate of drug-likeness (QED) is 0.909. The molecule has 0 radical (unpaired) electrons. The lowest BCUT2D eigenvalue weighted by molar-refractivity contribution is 0.199. The number of aliphatic hydroxyl groups excluding tert-OH is 1. The van der Waals surface area contributed by atoms with Crippen LogP contribution in [0.25, 0.3) is 10.8 Å². The van der Waals surface area contributed by atoms with E-state index in [1.165, 1.54) is 6.42 Å². The lowest BCUT2D eigenvalue weighted by atomic mass is 9.97. The summed E-state index contributed by atoms with van der Waals surface area (Å²) < 4.78 is 0. The van der Waals surface area contributed by atoms with Crippen LogP contribution in [-0.2, 0) is 0 Å². The molecule has 1 aromatic heterocycles. The molecule has 0 bridgehead atoms. The Morgan fingerprint density at radius 3 is 2.70 bits per heavy atom. The van der Waals surface area contributed by atoms with Crippen LogP contribution >= 0.6 is 11.6 Å². The molecule has 0 spiro atoms. The number of hydrogen-bond donors (Lipinski definition) is 2. The van der Waals surface area contributed by atoms with E-state index in [2.05, 4.69) is 15.5 Å². The van der Waals surface area contributed by atoms with Crippen molar-refractivity contribution in [1.82, 2.24) is 10.2 Å². The highest BCUT2D eigenvalue weighted by atomic mass is 35.5. The molecule has 4 nitrogen and oxygen atoms in total. The summed E-state index contributed by atoms with van der Waals surface area (Å²) in [6.07, 6.45) is 3.48. The van der Waals surface area contributed by atoms with Gasteiger partial charge in [0.25, 0.3) is 0 Å². The number of anilines is 1. The predicted molar refractivity (Wildman–Crippen MR) is 81.0 cm³/mol. The minimum atomic E-state index is 0.277. The molecule has 1 fully saturated rings. The molecule has 106 valence electrons. The average Bonchev–Trinajstić information content (AvgIpc) is 2.94. The van der Waals surface area contributed by atoms with Gasteiger partial charge in [-0.1, -0.05) is 42.3 Å². The van der Waals surface area contributed by atoms with E-state index in [0.717, 1.165) is 36.0 Å². The fourth-order valence-electron chi connectivity index (χ4n) is 3.05. The van der Waals surface area contributed by atoms with E-state index in [0.29, 0.717) is 17.0 Å². The summed E-state index contributed by atoms with van der Waals surface area (Å²) in [5.41, 5.74) is 0. The smallest absolute Gasteiger partial charge is 0.159 e. The number of aromatic nitrogens is 2. The van der Waals surface area contributed by atoms with Gasteiger partial charge in [-0.25, -0.2) is 0 Å². The first-order valence-corrected chi connectivity index (χ1v) is 7.43. The molecule has 1 aromatic carbocycles. The van der Waals surface area contributed by atoms with Crippen LogP contribution in [0.2, 0.25) is 5.15 Å². The molecule has 1 heterocycles. The summed E-state index contributed by atoms with van der Waals surface area (Å²) in [5, 5.41) is 23.2. The zero-order valence-electron chi connectivity index (χ0n) is 11.2. The van der Waals surface area contributed by atoms with E-state index < -0.39 is 0 Å². The van der Waals surface area contributed by atoms with Crippen molar-refractivity contribution in [3.63, 3.8) is 0 Å². The Bertz CT molecular complexity index is 605. The molecular weight excluding hydrogens is 274 g/mol. The Kier molecular flexibility index (Phi) is 4.03. The van der Waals surface area contributed by atoms with Crippen molar-refractivity contribution < 1.29 is 5.11 Å². The normalized spacial score (nSPS) is 22.3. The largest absolute Gasteiger partial charge is 0.396 e. The molecule has 5 heteroatoms. The van der Waals surface area contributed by atoms with E-state index >= 15 is 0 Å². The molecular formula is C15H18ClN3O. The second-order valence-corrected chi connectivity index (χ2v) is 5.76. The second kappa shape index (κ2) is 5.94. The van der Waals surface area contributed by atoms with E-state index in [1.807, 2.05) is 24.3 Å². The maximum Gasteiger partial charge on any atom is 0.159 e. The molecule has 1 aliphatic carbocycles. The van der Waals surface area contributed by atoms with Crippen molar-refractivity contribution in [2.75, 3.05) is 18.5 Å². The van der Waals surface area contributed by atoms with Gasteiger partial charge >= 0.3 is 0 Å². The van der Waals surface area contributed by atoms with Crippen LogP contribution in [0.5, 0.6) is 0 Å². The zero-order chi connectivity index (χ0) is 13.9. The molecule has 0 aliphatic heterocycles. The summed E-state index contributed by atoms with van der Waals surface area (Å²) in [4.78, 5) is 0. The van der Waals surface area contributed by atoms with Gasteiger partial charge in [0.05, 0.1) is 0 Å². The number of benzene rings is 1. The first-order chi connectivity index (χ1) is 9.79. The van der Waals surface area contributed by atoms with Crippen LogP contribution in [0.15, 0.2) is 24.3 Å². The monoisotopic (exact) mass is 291 g/mol.